The van der Waals surface area contributed by atoms with Gasteiger partial charge in [0.2, 0.25) is 5.95 Å². The molecule has 2 N–H and O–H groups in total. The number of pyridine rings is 1. The minimum Gasteiger partial charge on any atom is -0.351 e. The van der Waals surface area contributed by atoms with Crippen LogP contribution in [0.4, 0.5) is 21.8 Å². The third kappa shape index (κ3) is 4.58. The minimum atomic E-state index is -0.288. The van der Waals surface area contributed by atoms with Crippen LogP contribution in [0.25, 0.3) is 11.3 Å². The Morgan fingerprint density at radius 2 is 1.74 bits per heavy atom. The maximum atomic E-state index is 13.5. The SMILES string of the molecule is Fc1cccc(Nc2cc(-c3ccncc3)nc(NC3CCCCC3)n2)c1. The van der Waals surface area contributed by atoms with Gasteiger partial charge in [-0.2, -0.15) is 4.98 Å². The van der Waals surface area contributed by atoms with Gasteiger partial charge in [0.15, 0.2) is 0 Å². The summed E-state index contributed by atoms with van der Waals surface area (Å²) in [5.74, 6) is 0.930. The van der Waals surface area contributed by atoms with Gasteiger partial charge in [-0.1, -0.05) is 25.3 Å². The minimum absolute atomic E-state index is 0.288. The lowest BCUT2D eigenvalue weighted by molar-refractivity contribution is 0.461. The monoisotopic (exact) mass is 363 g/mol. The van der Waals surface area contributed by atoms with Crippen LogP contribution in [0.5, 0.6) is 0 Å². The number of benzene rings is 1. The zero-order chi connectivity index (χ0) is 18.5. The molecule has 0 saturated heterocycles. The average molecular weight is 363 g/mol. The normalized spacial score (nSPS) is 14.7. The fourth-order valence-corrected chi connectivity index (χ4v) is 3.39. The molecule has 0 spiro atoms. The summed E-state index contributed by atoms with van der Waals surface area (Å²) in [5.41, 5.74) is 2.41. The molecule has 4 rings (SSSR count). The summed E-state index contributed by atoms with van der Waals surface area (Å²) in [7, 11) is 0. The summed E-state index contributed by atoms with van der Waals surface area (Å²) >= 11 is 0. The molecule has 3 aromatic rings. The van der Waals surface area contributed by atoms with E-state index >= 15 is 0 Å². The second-order valence-corrected chi connectivity index (χ2v) is 6.81. The lowest BCUT2D eigenvalue weighted by atomic mass is 9.96. The second-order valence-electron chi connectivity index (χ2n) is 6.81. The van der Waals surface area contributed by atoms with Crippen molar-refractivity contribution < 1.29 is 4.39 Å². The summed E-state index contributed by atoms with van der Waals surface area (Å²) in [6.07, 6.45) is 9.51. The van der Waals surface area contributed by atoms with Gasteiger partial charge in [-0.05, 0) is 43.2 Å². The molecule has 2 heterocycles. The molecule has 0 amide bonds. The number of hydrogen-bond donors (Lipinski definition) is 2. The summed E-state index contributed by atoms with van der Waals surface area (Å²) in [6.45, 7) is 0. The molecule has 0 radical (unpaired) electrons. The Balaban J connectivity index is 1.65. The molecule has 0 bridgehead atoms. The quantitative estimate of drug-likeness (QED) is 0.655. The van der Waals surface area contributed by atoms with Crippen molar-refractivity contribution in [2.45, 2.75) is 38.1 Å². The molecule has 1 fully saturated rings. The van der Waals surface area contributed by atoms with Crippen molar-refractivity contribution in [2.24, 2.45) is 0 Å². The van der Waals surface area contributed by atoms with E-state index in [0.717, 1.165) is 24.1 Å². The Kier molecular flexibility index (Phi) is 5.23. The zero-order valence-electron chi connectivity index (χ0n) is 15.0. The molecule has 138 valence electrons. The van der Waals surface area contributed by atoms with E-state index in [0.29, 0.717) is 23.5 Å². The van der Waals surface area contributed by atoms with E-state index in [-0.39, 0.29) is 5.82 Å². The molecular formula is C21H22FN5. The van der Waals surface area contributed by atoms with Crippen molar-refractivity contribution in [3.05, 3.63) is 60.7 Å². The summed E-state index contributed by atoms with van der Waals surface area (Å²) < 4.78 is 13.5. The second kappa shape index (κ2) is 8.12. The van der Waals surface area contributed by atoms with E-state index in [1.807, 2.05) is 24.3 Å². The van der Waals surface area contributed by atoms with Crippen molar-refractivity contribution in [1.29, 1.82) is 0 Å². The molecule has 6 heteroatoms. The standard InChI is InChI=1S/C21H22FN5/c22-16-5-4-8-18(13-16)24-20-14-19(15-9-11-23-12-10-15)26-21(27-20)25-17-6-2-1-3-7-17/h4-5,8-14,17H,1-3,6-7H2,(H2,24,25,26,27). The maximum Gasteiger partial charge on any atom is 0.225 e. The highest BCUT2D eigenvalue weighted by Crippen LogP contribution is 2.26. The van der Waals surface area contributed by atoms with Crippen LogP contribution in [0.3, 0.4) is 0 Å². The van der Waals surface area contributed by atoms with Gasteiger partial charge in [0.05, 0.1) is 5.69 Å². The van der Waals surface area contributed by atoms with Crippen LogP contribution in [-0.4, -0.2) is 21.0 Å². The van der Waals surface area contributed by atoms with Gasteiger partial charge in [-0.25, -0.2) is 9.37 Å². The lowest BCUT2D eigenvalue weighted by Crippen LogP contribution is -2.23. The fourth-order valence-electron chi connectivity index (χ4n) is 3.39. The van der Waals surface area contributed by atoms with Gasteiger partial charge in [-0.15, -0.1) is 0 Å². The maximum absolute atomic E-state index is 13.5. The number of rotatable bonds is 5. The van der Waals surface area contributed by atoms with Gasteiger partial charge in [0.1, 0.15) is 11.6 Å². The number of nitrogens with one attached hydrogen (secondary N) is 2. The van der Waals surface area contributed by atoms with Crippen LogP contribution in [-0.2, 0) is 0 Å². The molecule has 0 unspecified atom stereocenters. The van der Waals surface area contributed by atoms with Crippen molar-refractivity contribution >= 4 is 17.5 Å². The van der Waals surface area contributed by atoms with Gasteiger partial charge in [0, 0.05) is 35.8 Å². The predicted molar refractivity (Wildman–Crippen MR) is 105 cm³/mol. The first kappa shape index (κ1) is 17.4. The van der Waals surface area contributed by atoms with Crippen LogP contribution in [0.2, 0.25) is 0 Å². The molecule has 5 nitrogen and oxygen atoms in total. The Morgan fingerprint density at radius 3 is 2.52 bits per heavy atom. The average Bonchev–Trinajstić information content (AvgIpc) is 2.69. The number of hydrogen-bond acceptors (Lipinski definition) is 5. The van der Waals surface area contributed by atoms with Crippen molar-refractivity contribution in [3.63, 3.8) is 0 Å². The Hall–Kier alpha value is -3.02. The summed E-state index contributed by atoms with van der Waals surface area (Å²) in [4.78, 5) is 13.4. The predicted octanol–water partition coefficient (Wildman–Crippen LogP) is 5.17. The van der Waals surface area contributed by atoms with Gasteiger partial charge >= 0.3 is 0 Å². The van der Waals surface area contributed by atoms with Crippen LogP contribution in [0.1, 0.15) is 32.1 Å². The number of aromatic nitrogens is 3. The Morgan fingerprint density at radius 1 is 0.926 bits per heavy atom. The summed E-state index contributed by atoms with van der Waals surface area (Å²) in [5, 5.41) is 6.66. The number of nitrogens with zero attached hydrogens (tertiary/aromatic N) is 3. The van der Waals surface area contributed by atoms with E-state index in [4.69, 9.17) is 4.98 Å². The Bertz CT molecular complexity index is 894. The smallest absolute Gasteiger partial charge is 0.225 e. The molecule has 1 aliphatic carbocycles. The van der Waals surface area contributed by atoms with E-state index in [1.54, 1.807) is 18.5 Å². The fraction of sp³-hybridized carbons (Fsp3) is 0.286. The number of halogens is 1. The van der Waals surface area contributed by atoms with Crippen LogP contribution < -0.4 is 10.6 Å². The zero-order valence-corrected chi connectivity index (χ0v) is 15.0. The molecule has 1 aliphatic rings. The molecule has 1 saturated carbocycles. The van der Waals surface area contributed by atoms with Crippen molar-refractivity contribution in [3.8, 4) is 11.3 Å². The van der Waals surface area contributed by atoms with E-state index in [2.05, 4.69) is 20.6 Å². The van der Waals surface area contributed by atoms with Crippen LogP contribution >= 0.6 is 0 Å². The largest absolute Gasteiger partial charge is 0.351 e. The first-order valence-electron chi connectivity index (χ1n) is 9.35. The topological polar surface area (TPSA) is 62.7 Å². The van der Waals surface area contributed by atoms with E-state index in [1.165, 1.54) is 31.4 Å². The molecule has 1 aromatic carbocycles. The lowest BCUT2D eigenvalue weighted by Gasteiger charge is -2.23. The highest BCUT2D eigenvalue weighted by atomic mass is 19.1. The third-order valence-electron chi connectivity index (χ3n) is 4.74. The first-order valence-corrected chi connectivity index (χ1v) is 9.35. The van der Waals surface area contributed by atoms with Crippen molar-refractivity contribution in [2.75, 3.05) is 10.6 Å². The first-order chi connectivity index (χ1) is 13.3. The Labute approximate surface area is 158 Å². The van der Waals surface area contributed by atoms with E-state index < -0.39 is 0 Å². The summed E-state index contributed by atoms with van der Waals surface area (Å²) in [6, 6.07) is 12.4. The van der Waals surface area contributed by atoms with Gasteiger partial charge < -0.3 is 10.6 Å². The highest BCUT2D eigenvalue weighted by Gasteiger charge is 2.15. The van der Waals surface area contributed by atoms with Gasteiger partial charge in [0.25, 0.3) is 0 Å². The third-order valence-corrected chi connectivity index (χ3v) is 4.74. The van der Waals surface area contributed by atoms with Crippen LogP contribution in [0.15, 0.2) is 54.9 Å². The molecule has 27 heavy (non-hydrogen) atoms. The van der Waals surface area contributed by atoms with Crippen molar-refractivity contribution in [1.82, 2.24) is 15.0 Å². The molecule has 0 aliphatic heterocycles. The highest BCUT2D eigenvalue weighted by molar-refractivity contribution is 5.67. The molecular weight excluding hydrogens is 341 g/mol. The van der Waals surface area contributed by atoms with Gasteiger partial charge in [-0.3, -0.25) is 4.98 Å². The molecule has 2 aromatic heterocycles. The van der Waals surface area contributed by atoms with E-state index in [9.17, 15) is 4.39 Å². The molecule has 0 atom stereocenters. The number of anilines is 3. The van der Waals surface area contributed by atoms with Crippen LogP contribution in [0, 0.1) is 5.82 Å².